The first-order valence-corrected chi connectivity index (χ1v) is 9.62. The molecular formula is C23H22F2N2. The second-order valence-corrected chi connectivity index (χ2v) is 7.44. The minimum Gasteiger partial charge on any atom is -0.314 e. The molecule has 1 aliphatic heterocycles. The van der Waals surface area contributed by atoms with Crippen molar-refractivity contribution < 1.29 is 8.78 Å². The highest BCUT2D eigenvalue weighted by Crippen LogP contribution is 2.40. The smallest absolute Gasteiger partial charge is 0.240 e. The van der Waals surface area contributed by atoms with E-state index in [0.29, 0.717) is 0 Å². The summed E-state index contributed by atoms with van der Waals surface area (Å²) < 4.78 is 27.0. The van der Waals surface area contributed by atoms with Crippen molar-refractivity contribution in [2.24, 2.45) is 0 Å². The highest BCUT2D eigenvalue weighted by molar-refractivity contribution is 6.23. The van der Waals surface area contributed by atoms with E-state index in [9.17, 15) is 8.78 Å². The second kappa shape index (κ2) is 6.70. The number of hydrogen-bond donors (Lipinski definition) is 1. The summed E-state index contributed by atoms with van der Waals surface area (Å²) in [5, 5.41) is 10.5. The molecule has 1 fully saturated rings. The summed E-state index contributed by atoms with van der Waals surface area (Å²) >= 11 is 0. The Hall–Kier alpha value is -2.30. The summed E-state index contributed by atoms with van der Waals surface area (Å²) in [4.78, 5) is 2.22. The number of halogens is 2. The molecule has 0 radical (unpaired) electrons. The number of benzene rings is 4. The van der Waals surface area contributed by atoms with Crippen LogP contribution >= 0.6 is 0 Å². The van der Waals surface area contributed by atoms with Crippen LogP contribution in [-0.2, 0) is 0 Å². The van der Waals surface area contributed by atoms with Gasteiger partial charge in [-0.15, -0.1) is 0 Å². The third-order valence-electron chi connectivity index (χ3n) is 5.92. The number of piperazine rings is 1. The Morgan fingerprint density at radius 2 is 1.44 bits per heavy atom. The lowest BCUT2D eigenvalue weighted by molar-refractivity contribution is 0.0745. The normalized spacial score (nSPS) is 17.4. The van der Waals surface area contributed by atoms with Gasteiger partial charge in [0.05, 0.1) is 0 Å². The van der Waals surface area contributed by atoms with Crippen molar-refractivity contribution in [3.8, 4) is 0 Å². The summed E-state index contributed by atoms with van der Waals surface area (Å²) in [5.74, 6) is 0. The van der Waals surface area contributed by atoms with Gasteiger partial charge in [-0.25, -0.2) is 8.78 Å². The monoisotopic (exact) mass is 364 g/mol. The van der Waals surface area contributed by atoms with Crippen LogP contribution in [0.15, 0.2) is 54.6 Å². The number of alkyl halides is 2. The van der Waals surface area contributed by atoms with Crippen LogP contribution in [0.4, 0.5) is 8.78 Å². The zero-order chi connectivity index (χ0) is 18.4. The van der Waals surface area contributed by atoms with Crippen molar-refractivity contribution in [1.82, 2.24) is 10.2 Å². The van der Waals surface area contributed by atoms with Crippen LogP contribution in [0.1, 0.15) is 18.0 Å². The van der Waals surface area contributed by atoms with E-state index in [0.717, 1.165) is 37.1 Å². The largest absolute Gasteiger partial charge is 0.314 e. The van der Waals surface area contributed by atoms with Gasteiger partial charge in [-0.05, 0) is 37.9 Å². The maximum atomic E-state index is 13.5. The molecule has 4 heteroatoms. The average Bonchev–Trinajstić information content (AvgIpc) is 2.71. The summed E-state index contributed by atoms with van der Waals surface area (Å²) in [7, 11) is 0. The molecule has 0 aromatic heterocycles. The molecule has 4 aromatic rings. The Kier molecular flexibility index (Phi) is 4.18. The van der Waals surface area contributed by atoms with Gasteiger partial charge >= 0.3 is 0 Å². The van der Waals surface area contributed by atoms with Crippen molar-refractivity contribution >= 4 is 32.3 Å². The molecule has 1 atom stereocenters. The van der Waals surface area contributed by atoms with Gasteiger partial charge in [0, 0.05) is 38.6 Å². The Morgan fingerprint density at radius 1 is 0.815 bits per heavy atom. The maximum Gasteiger partial charge on any atom is 0.240 e. The first-order valence-electron chi connectivity index (χ1n) is 9.62. The highest BCUT2D eigenvalue weighted by atomic mass is 19.3. The standard InChI is InChI=1S/C23H22F2N2/c24-21(25)14-20(27-12-10-26-11-13-27)18-8-6-17-5-4-15-2-1-3-16-7-9-19(18)23(17)22(15)16/h1-9,20-21,26H,10-14H2/t20-/m1/s1. The quantitative estimate of drug-likeness (QED) is 0.502. The first kappa shape index (κ1) is 16.8. The zero-order valence-electron chi connectivity index (χ0n) is 15.1. The van der Waals surface area contributed by atoms with Crippen molar-refractivity contribution in [1.29, 1.82) is 0 Å². The number of nitrogens with zero attached hydrogens (tertiary/aromatic N) is 1. The van der Waals surface area contributed by atoms with E-state index in [2.05, 4.69) is 64.8 Å². The van der Waals surface area contributed by atoms with Gasteiger partial charge in [-0.2, -0.15) is 0 Å². The predicted molar refractivity (Wildman–Crippen MR) is 108 cm³/mol. The lowest BCUT2D eigenvalue weighted by Gasteiger charge is -2.36. The molecule has 1 saturated heterocycles. The van der Waals surface area contributed by atoms with Gasteiger partial charge in [0.1, 0.15) is 0 Å². The SMILES string of the molecule is FC(F)C[C@H](c1ccc2ccc3cccc4ccc1c2c34)N1CCNCC1. The average molecular weight is 364 g/mol. The molecule has 0 aliphatic carbocycles. The Bertz CT molecular complexity index is 1070. The Balaban J connectivity index is 1.75. The molecule has 5 rings (SSSR count). The van der Waals surface area contributed by atoms with Gasteiger partial charge in [0.15, 0.2) is 0 Å². The molecule has 138 valence electrons. The maximum absolute atomic E-state index is 13.5. The molecule has 1 N–H and O–H groups in total. The van der Waals surface area contributed by atoms with E-state index in [1.165, 1.54) is 26.9 Å². The number of rotatable bonds is 4. The zero-order valence-corrected chi connectivity index (χ0v) is 15.1. The number of nitrogens with one attached hydrogen (secondary N) is 1. The Morgan fingerprint density at radius 3 is 2.15 bits per heavy atom. The van der Waals surface area contributed by atoms with Crippen LogP contribution < -0.4 is 5.32 Å². The fourth-order valence-electron chi connectivity index (χ4n) is 4.68. The summed E-state index contributed by atoms with van der Waals surface area (Å²) in [6.07, 6.45) is -2.44. The third-order valence-corrected chi connectivity index (χ3v) is 5.92. The topological polar surface area (TPSA) is 15.3 Å². The van der Waals surface area contributed by atoms with Crippen LogP contribution in [0.25, 0.3) is 32.3 Å². The van der Waals surface area contributed by atoms with E-state index in [1.54, 1.807) is 0 Å². The molecule has 0 amide bonds. The molecule has 0 spiro atoms. The second-order valence-electron chi connectivity index (χ2n) is 7.44. The summed E-state index contributed by atoms with van der Waals surface area (Å²) in [6, 6.07) is 18.8. The van der Waals surface area contributed by atoms with Crippen LogP contribution in [0.2, 0.25) is 0 Å². The molecule has 4 aromatic carbocycles. The fraction of sp³-hybridized carbons (Fsp3) is 0.304. The van der Waals surface area contributed by atoms with Gasteiger partial charge in [0.25, 0.3) is 0 Å². The van der Waals surface area contributed by atoms with E-state index in [4.69, 9.17) is 0 Å². The molecule has 0 bridgehead atoms. The van der Waals surface area contributed by atoms with Gasteiger partial charge in [-0.3, -0.25) is 4.90 Å². The van der Waals surface area contributed by atoms with E-state index >= 15 is 0 Å². The molecule has 1 heterocycles. The summed E-state index contributed by atoms with van der Waals surface area (Å²) in [5.41, 5.74) is 1.03. The van der Waals surface area contributed by atoms with Crippen molar-refractivity contribution in [3.63, 3.8) is 0 Å². The molecule has 0 unspecified atom stereocenters. The first-order chi connectivity index (χ1) is 13.2. The number of hydrogen-bond acceptors (Lipinski definition) is 2. The van der Waals surface area contributed by atoms with E-state index in [1.807, 2.05) is 0 Å². The van der Waals surface area contributed by atoms with Gasteiger partial charge in [0.2, 0.25) is 6.43 Å². The van der Waals surface area contributed by atoms with Crippen molar-refractivity contribution in [3.05, 3.63) is 60.2 Å². The van der Waals surface area contributed by atoms with Gasteiger partial charge < -0.3 is 5.32 Å². The van der Waals surface area contributed by atoms with Crippen molar-refractivity contribution in [2.75, 3.05) is 26.2 Å². The molecule has 1 aliphatic rings. The summed E-state index contributed by atoms with van der Waals surface area (Å²) in [6.45, 7) is 3.32. The van der Waals surface area contributed by atoms with Crippen molar-refractivity contribution in [2.45, 2.75) is 18.9 Å². The third kappa shape index (κ3) is 2.84. The van der Waals surface area contributed by atoms with E-state index < -0.39 is 6.43 Å². The molecule has 2 nitrogen and oxygen atoms in total. The predicted octanol–water partition coefficient (Wildman–Crippen LogP) is 5.19. The highest BCUT2D eigenvalue weighted by Gasteiger charge is 2.27. The van der Waals surface area contributed by atoms with Crippen LogP contribution in [-0.4, -0.2) is 37.5 Å². The molecular weight excluding hydrogens is 342 g/mol. The minimum absolute atomic E-state index is 0.121. The molecule has 0 saturated carbocycles. The fourth-order valence-corrected chi connectivity index (χ4v) is 4.68. The lowest BCUT2D eigenvalue weighted by Crippen LogP contribution is -2.45. The minimum atomic E-state index is -2.32. The van der Waals surface area contributed by atoms with E-state index in [-0.39, 0.29) is 12.5 Å². The van der Waals surface area contributed by atoms with Gasteiger partial charge in [-0.1, -0.05) is 54.6 Å². The van der Waals surface area contributed by atoms with Crippen LogP contribution in [0, 0.1) is 0 Å². The van der Waals surface area contributed by atoms with Crippen LogP contribution in [0.5, 0.6) is 0 Å². The lowest BCUT2D eigenvalue weighted by atomic mass is 9.88. The Labute approximate surface area is 157 Å². The molecule has 27 heavy (non-hydrogen) atoms. The van der Waals surface area contributed by atoms with Crippen LogP contribution in [0.3, 0.4) is 0 Å².